The smallest absolute Gasteiger partial charge is 0.256 e. The number of hydrogen-bond acceptors (Lipinski definition) is 4. The lowest BCUT2D eigenvalue weighted by molar-refractivity contribution is 0.102. The average Bonchev–Trinajstić information content (AvgIpc) is 3.39. The molecule has 0 spiro atoms. The molecule has 2 heterocycles. The molecule has 1 amide bonds. The van der Waals surface area contributed by atoms with E-state index in [9.17, 15) is 4.79 Å². The van der Waals surface area contributed by atoms with Gasteiger partial charge in [0.15, 0.2) is 0 Å². The van der Waals surface area contributed by atoms with Crippen LogP contribution in [0.15, 0.2) is 84.1 Å². The minimum atomic E-state index is -0.197. The molecule has 0 saturated carbocycles. The van der Waals surface area contributed by atoms with Gasteiger partial charge in [0.2, 0.25) is 0 Å². The van der Waals surface area contributed by atoms with Crippen molar-refractivity contribution in [2.24, 2.45) is 0 Å². The number of hydrogen-bond donors (Lipinski definition) is 1. The zero-order valence-corrected chi connectivity index (χ0v) is 15.4. The van der Waals surface area contributed by atoms with Crippen molar-refractivity contribution in [3.63, 3.8) is 0 Å². The fraction of sp³-hybridized carbons (Fsp3) is 0.0500. The minimum Gasteiger partial charge on any atom is -0.306 e. The first kappa shape index (κ1) is 17.1. The number of anilines is 1. The molecule has 2 aromatic carbocycles. The van der Waals surface area contributed by atoms with Gasteiger partial charge in [-0.15, -0.1) is 11.8 Å². The number of amides is 1. The second-order valence-electron chi connectivity index (χ2n) is 5.76. The van der Waals surface area contributed by atoms with Crippen LogP contribution in [0, 0.1) is 0 Å². The van der Waals surface area contributed by atoms with Crippen LogP contribution < -0.4 is 5.32 Å². The highest BCUT2D eigenvalue weighted by atomic mass is 32.2. The predicted octanol–water partition coefficient (Wildman–Crippen LogP) is 4.03. The summed E-state index contributed by atoms with van der Waals surface area (Å²) in [6, 6.07) is 18.9. The fourth-order valence-electron chi connectivity index (χ4n) is 2.75. The summed E-state index contributed by atoms with van der Waals surface area (Å²) in [4.78, 5) is 13.8. The third kappa shape index (κ3) is 3.50. The van der Waals surface area contributed by atoms with E-state index in [-0.39, 0.29) is 5.91 Å². The van der Waals surface area contributed by atoms with Crippen LogP contribution in [0.1, 0.15) is 10.4 Å². The number of thioether (sulfide) groups is 1. The van der Waals surface area contributed by atoms with Crippen molar-refractivity contribution in [3.8, 4) is 11.4 Å². The maximum absolute atomic E-state index is 12.9. The zero-order chi connectivity index (χ0) is 18.6. The van der Waals surface area contributed by atoms with Crippen molar-refractivity contribution in [2.75, 3.05) is 11.6 Å². The van der Waals surface area contributed by atoms with Crippen molar-refractivity contribution >= 4 is 23.5 Å². The molecule has 0 aliphatic rings. The zero-order valence-electron chi connectivity index (χ0n) is 14.6. The first-order chi connectivity index (χ1) is 13.3. The summed E-state index contributed by atoms with van der Waals surface area (Å²) in [6.07, 6.45) is 7.26. The van der Waals surface area contributed by atoms with Gasteiger partial charge in [0.05, 0.1) is 22.5 Å². The molecule has 0 atom stereocenters. The molecule has 6 nitrogen and oxygen atoms in total. The molecule has 1 N–H and O–H groups in total. The summed E-state index contributed by atoms with van der Waals surface area (Å²) in [7, 11) is 0. The molecule has 4 rings (SSSR count). The van der Waals surface area contributed by atoms with Crippen LogP contribution in [-0.2, 0) is 0 Å². The second-order valence-corrected chi connectivity index (χ2v) is 6.61. The normalized spacial score (nSPS) is 10.7. The summed E-state index contributed by atoms with van der Waals surface area (Å²) in [5.74, 6) is 0.458. The van der Waals surface area contributed by atoms with E-state index in [1.165, 1.54) is 11.8 Å². The van der Waals surface area contributed by atoms with Crippen LogP contribution in [0.25, 0.3) is 11.4 Å². The van der Waals surface area contributed by atoms with Gasteiger partial charge >= 0.3 is 0 Å². The van der Waals surface area contributed by atoms with Gasteiger partial charge in [-0.25, -0.2) is 9.36 Å². The van der Waals surface area contributed by atoms with Crippen molar-refractivity contribution in [1.29, 1.82) is 0 Å². The molecule has 0 radical (unpaired) electrons. The number of aromatic nitrogens is 4. The van der Waals surface area contributed by atoms with Gasteiger partial charge in [-0.1, -0.05) is 24.3 Å². The van der Waals surface area contributed by atoms with E-state index in [1.54, 1.807) is 27.8 Å². The van der Waals surface area contributed by atoms with Gasteiger partial charge in [0, 0.05) is 18.0 Å². The van der Waals surface area contributed by atoms with Gasteiger partial charge in [-0.2, -0.15) is 10.2 Å². The van der Waals surface area contributed by atoms with Crippen molar-refractivity contribution in [2.45, 2.75) is 4.90 Å². The van der Waals surface area contributed by atoms with Crippen LogP contribution in [-0.4, -0.2) is 31.7 Å². The Morgan fingerprint density at radius 1 is 1.00 bits per heavy atom. The van der Waals surface area contributed by atoms with E-state index < -0.39 is 0 Å². The highest BCUT2D eigenvalue weighted by Gasteiger charge is 2.16. The Labute approximate surface area is 160 Å². The monoisotopic (exact) mass is 375 g/mol. The highest BCUT2D eigenvalue weighted by Crippen LogP contribution is 2.28. The quantitative estimate of drug-likeness (QED) is 0.535. The number of nitrogens with one attached hydrogen (secondary N) is 1. The summed E-state index contributed by atoms with van der Waals surface area (Å²) in [6.45, 7) is 0. The van der Waals surface area contributed by atoms with E-state index in [4.69, 9.17) is 0 Å². The standard InChI is InChI=1S/C20H17N5OS/c1-27-18-14-22-25(16-8-3-2-4-9-16)19(18)23-20(26)15-7-5-10-17(13-15)24-12-6-11-21-24/h2-14H,1H3,(H,23,26). The molecule has 0 bridgehead atoms. The summed E-state index contributed by atoms with van der Waals surface area (Å²) >= 11 is 1.54. The summed E-state index contributed by atoms with van der Waals surface area (Å²) < 4.78 is 3.46. The highest BCUT2D eigenvalue weighted by molar-refractivity contribution is 7.98. The topological polar surface area (TPSA) is 64.7 Å². The van der Waals surface area contributed by atoms with Crippen molar-refractivity contribution < 1.29 is 4.79 Å². The first-order valence-electron chi connectivity index (χ1n) is 8.35. The van der Waals surface area contributed by atoms with Gasteiger partial charge < -0.3 is 5.32 Å². The van der Waals surface area contributed by atoms with E-state index in [1.807, 2.05) is 67.0 Å². The van der Waals surface area contributed by atoms with Crippen LogP contribution in [0.3, 0.4) is 0 Å². The number of carbonyl (C=O) groups is 1. The molecule has 2 aromatic heterocycles. The van der Waals surface area contributed by atoms with Gasteiger partial charge in [0.25, 0.3) is 5.91 Å². The van der Waals surface area contributed by atoms with Crippen LogP contribution in [0.4, 0.5) is 5.82 Å². The molecule has 0 fully saturated rings. The van der Waals surface area contributed by atoms with E-state index >= 15 is 0 Å². The summed E-state index contributed by atoms with van der Waals surface area (Å²) in [5.41, 5.74) is 2.27. The largest absolute Gasteiger partial charge is 0.306 e. The molecule has 0 saturated heterocycles. The molecular formula is C20H17N5OS. The van der Waals surface area contributed by atoms with Gasteiger partial charge in [0.1, 0.15) is 5.82 Å². The molecule has 27 heavy (non-hydrogen) atoms. The average molecular weight is 375 g/mol. The lowest BCUT2D eigenvalue weighted by Crippen LogP contribution is -2.16. The molecule has 0 aliphatic carbocycles. The Morgan fingerprint density at radius 2 is 1.81 bits per heavy atom. The number of rotatable bonds is 5. The van der Waals surface area contributed by atoms with Crippen molar-refractivity contribution in [3.05, 3.63) is 84.8 Å². The van der Waals surface area contributed by atoms with E-state index in [0.717, 1.165) is 16.3 Å². The molecule has 0 aliphatic heterocycles. The first-order valence-corrected chi connectivity index (χ1v) is 9.57. The maximum atomic E-state index is 12.9. The maximum Gasteiger partial charge on any atom is 0.256 e. The van der Waals surface area contributed by atoms with E-state index in [2.05, 4.69) is 15.5 Å². The molecule has 4 aromatic rings. The Balaban J connectivity index is 1.66. The number of carbonyl (C=O) groups excluding carboxylic acids is 1. The lowest BCUT2D eigenvalue weighted by atomic mass is 10.2. The van der Waals surface area contributed by atoms with Crippen LogP contribution >= 0.6 is 11.8 Å². The van der Waals surface area contributed by atoms with Crippen LogP contribution in [0.2, 0.25) is 0 Å². The second kappa shape index (κ2) is 7.51. The Kier molecular flexibility index (Phi) is 4.76. The van der Waals surface area contributed by atoms with Crippen molar-refractivity contribution in [1.82, 2.24) is 19.6 Å². The van der Waals surface area contributed by atoms with Gasteiger partial charge in [-0.3, -0.25) is 4.79 Å². The Hall–Kier alpha value is -3.32. The molecule has 0 unspecified atom stereocenters. The fourth-order valence-corrected chi connectivity index (χ4v) is 3.24. The SMILES string of the molecule is CSc1cnn(-c2ccccc2)c1NC(=O)c1cccc(-n2cccn2)c1. The third-order valence-electron chi connectivity index (χ3n) is 4.07. The molecule has 7 heteroatoms. The predicted molar refractivity (Wildman–Crippen MR) is 107 cm³/mol. The minimum absolute atomic E-state index is 0.197. The number of para-hydroxylation sites is 1. The molecular weight excluding hydrogens is 358 g/mol. The Morgan fingerprint density at radius 3 is 2.56 bits per heavy atom. The number of benzene rings is 2. The summed E-state index contributed by atoms with van der Waals surface area (Å²) in [5, 5.41) is 11.6. The number of nitrogens with zero attached hydrogens (tertiary/aromatic N) is 4. The van der Waals surface area contributed by atoms with Crippen LogP contribution in [0.5, 0.6) is 0 Å². The van der Waals surface area contributed by atoms with E-state index in [0.29, 0.717) is 11.4 Å². The lowest BCUT2D eigenvalue weighted by Gasteiger charge is -2.11. The Bertz CT molecular complexity index is 1060. The third-order valence-corrected chi connectivity index (χ3v) is 4.80. The van der Waals surface area contributed by atoms with Gasteiger partial charge in [-0.05, 0) is 42.7 Å². The molecule has 134 valence electrons.